The van der Waals surface area contributed by atoms with Crippen molar-refractivity contribution in [3.8, 4) is 0 Å². The molecule has 1 unspecified atom stereocenters. The van der Waals surface area contributed by atoms with Crippen molar-refractivity contribution in [1.29, 1.82) is 0 Å². The zero-order chi connectivity index (χ0) is 17.2. The Morgan fingerprint density at radius 2 is 2.08 bits per heavy atom. The van der Waals surface area contributed by atoms with Crippen molar-refractivity contribution in [3.63, 3.8) is 0 Å². The maximum absolute atomic E-state index is 12.6. The molecule has 1 saturated heterocycles. The first-order valence-corrected chi connectivity index (χ1v) is 9.56. The molecule has 2 heterocycles. The van der Waals surface area contributed by atoms with Crippen molar-refractivity contribution < 1.29 is 17.7 Å². The highest BCUT2D eigenvalue weighted by Crippen LogP contribution is 2.24. The van der Waals surface area contributed by atoms with Gasteiger partial charge in [-0.3, -0.25) is 0 Å². The van der Waals surface area contributed by atoms with Crippen LogP contribution in [0.4, 0.5) is 0 Å². The summed E-state index contributed by atoms with van der Waals surface area (Å²) in [7, 11) is -3.58. The largest absolute Gasteiger partial charge is 0.377 e. The molecule has 3 atom stereocenters. The molecule has 130 valence electrons. The van der Waals surface area contributed by atoms with Crippen LogP contribution in [0.15, 0.2) is 34.9 Å². The highest BCUT2D eigenvalue weighted by atomic mass is 32.2. The number of aromatic nitrogens is 2. The molecular formula is C16H21N3O4S. The lowest BCUT2D eigenvalue weighted by molar-refractivity contribution is 0.111. The van der Waals surface area contributed by atoms with E-state index in [-0.39, 0.29) is 17.8 Å². The Balaban J connectivity index is 1.83. The summed E-state index contributed by atoms with van der Waals surface area (Å²) in [6, 6.07) is 8.51. The number of rotatable bonds is 6. The van der Waals surface area contributed by atoms with Crippen LogP contribution in [0.25, 0.3) is 0 Å². The van der Waals surface area contributed by atoms with Crippen LogP contribution in [0, 0.1) is 12.8 Å². The van der Waals surface area contributed by atoms with Crippen molar-refractivity contribution in [2.45, 2.75) is 32.4 Å². The van der Waals surface area contributed by atoms with Gasteiger partial charge in [0.1, 0.15) is 6.04 Å². The first kappa shape index (κ1) is 17.1. The van der Waals surface area contributed by atoms with Gasteiger partial charge in [0.25, 0.3) is 0 Å². The third-order valence-electron chi connectivity index (χ3n) is 4.16. The fourth-order valence-electron chi connectivity index (χ4n) is 2.76. The summed E-state index contributed by atoms with van der Waals surface area (Å²) in [5.41, 5.74) is 0.752. The van der Waals surface area contributed by atoms with E-state index in [9.17, 15) is 8.42 Å². The van der Waals surface area contributed by atoms with Crippen LogP contribution in [0.5, 0.6) is 0 Å². The van der Waals surface area contributed by atoms with Crippen molar-refractivity contribution in [2.75, 3.05) is 12.4 Å². The van der Waals surface area contributed by atoms with Crippen LogP contribution in [0.2, 0.25) is 0 Å². The molecule has 0 aliphatic carbocycles. The number of nitrogens with one attached hydrogen (secondary N) is 1. The Kier molecular flexibility index (Phi) is 4.98. The summed E-state index contributed by atoms with van der Waals surface area (Å²) in [5, 5.41) is 3.88. The quantitative estimate of drug-likeness (QED) is 0.853. The number of nitrogens with zero attached hydrogens (tertiary/aromatic N) is 2. The maximum atomic E-state index is 12.6. The normalized spacial score (nSPS) is 22.6. The van der Waals surface area contributed by atoms with E-state index in [1.165, 1.54) is 0 Å². The molecule has 1 aliphatic rings. The smallest absolute Gasteiger partial charge is 0.223 e. The first-order chi connectivity index (χ1) is 11.4. The molecule has 0 amide bonds. The van der Waals surface area contributed by atoms with Crippen LogP contribution >= 0.6 is 0 Å². The molecule has 24 heavy (non-hydrogen) atoms. The van der Waals surface area contributed by atoms with E-state index in [1.54, 1.807) is 6.92 Å². The van der Waals surface area contributed by atoms with Crippen molar-refractivity contribution in [1.82, 2.24) is 14.9 Å². The van der Waals surface area contributed by atoms with Crippen LogP contribution in [-0.4, -0.2) is 37.0 Å². The molecule has 0 spiro atoms. The summed E-state index contributed by atoms with van der Waals surface area (Å²) in [6.45, 7) is 4.28. The average molecular weight is 351 g/mol. The minimum Gasteiger partial charge on any atom is -0.377 e. The first-order valence-electron chi connectivity index (χ1n) is 7.91. The number of hydrogen-bond donors (Lipinski definition) is 1. The predicted octanol–water partition coefficient (Wildman–Crippen LogP) is 1.81. The zero-order valence-corrected chi connectivity index (χ0v) is 14.5. The predicted molar refractivity (Wildman–Crippen MR) is 87.8 cm³/mol. The summed E-state index contributed by atoms with van der Waals surface area (Å²) < 4.78 is 38.5. The van der Waals surface area contributed by atoms with Gasteiger partial charge in [0.2, 0.25) is 15.9 Å². The highest BCUT2D eigenvalue weighted by molar-refractivity contribution is 7.89. The molecule has 1 N–H and O–H groups in total. The molecule has 8 heteroatoms. The number of hydrogen-bond acceptors (Lipinski definition) is 6. The number of ether oxygens (including phenoxy) is 1. The van der Waals surface area contributed by atoms with E-state index in [1.807, 2.05) is 37.3 Å². The third-order valence-corrected chi connectivity index (χ3v) is 5.52. The van der Waals surface area contributed by atoms with E-state index in [4.69, 9.17) is 9.26 Å². The monoisotopic (exact) mass is 351 g/mol. The van der Waals surface area contributed by atoms with Gasteiger partial charge in [-0.15, -0.1) is 0 Å². The van der Waals surface area contributed by atoms with Gasteiger partial charge in [0.05, 0.1) is 11.9 Å². The molecule has 2 aromatic rings. The van der Waals surface area contributed by atoms with E-state index < -0.39 is 16.1 Å². The molecule has 7 nitrogen and oxygen atoms in total. The van der Waals surface area contributed by atoms with Gasteiger partial charge in [-0.1, -0.05) is 42.4 Å². The van der Waals surface area contributed by atoms with E-state index in [0.29, 0.717) is 18.3 Å². The topological polar surface area (TPSA) is 94.3 Å². The van der Waals surface area contributed by atoms with Gasteiger partial charge >= 0.3 is 0 Å². The molecule has 1 aromatic carbocycles. The third kappa shape index (κ3) is 4.00. The molecule has 0 bridgehead atoms. The van der Waals surface area contributed by atoms with Crippen LogP contribution in [-0.2, 0) is 14.8 Å². The lowest BCUT2D eigenvalue weighted by Crippen LogP contribution is -2.37. The summed E-state index contributed by atoms with van der Waals surface area (Å²) in [4.78, 5) is 4.18. The van der Waals surface area contributed by atoms with Crippen LogP contribution < -0.4 is 4.72 Å². The fourth-order valence-corrected chi connectivity index (χ4v) is 4.31. The second-order valence-electron chi connectivity index (χ2n) is 6.09. The molecule has 1 fully saturated rings. The van der Waals surface area contributed by atoms with Crippen molar-refractivity contribution >= 4 is 10.0 Å². The van der Waals surface area contributed by atoms with E-state index >= 15 is 0 Å². The highest BCUT2D eigenvalue weighted by Gasteiger charge is 2.32. The Morgan fingerprint density at radius 1 is 1.33 bits per heavy atom. The SMILES string of the molecule is Cc1nc(C(NS(=O)(=O)C[C@H]2OCC[C@H]2C)c2ccccc2)no1. The summed E-state index contributed by atoms with van der Waals surface area (Å²) >= 11 is 0. The Labute approximate surface area is 141 Å². The molecule has 0 saturated carbocycles. The van der Waals surface area contributed by atoms with Crippen LogP contribution in [0.3, 0.4) is 0 Å². The number of aryl methyl sites for hydroxylation is 1. The second-order valence-corrected chi connectivity index (χ2v) is 7.89. The van der Waals surface area contributed by atoms with Gasteiger partial charge < -0.3 is 9.26 Å². The van der Waals surface area contributed by atoms with Gasteiger partial charge in [0, 0.05) is 13.5 Å². The minimum absolute atomic E-state index is 0.0751. The minimum atomic E-state index is -3.58. The lowest BCUT2D eigenvalue weighted by Gasteiger charge is -2.19. The molecule has 1 aromatic heterocycles. The van der Waals surface area contributed by atoms with Gasteiger partial charge in [-0.25, -0.2) is 8.42 Å². The number of sulfonamides is 1. The van der Waals surface area contributed by atoms with Gasteiger partial charge in [-0.05, 0) is 17.9 Å². The zero-order valence-electron chi connectivity index (χ0n) is 13.7. The molecule has 0 radical (unpaired) electrons. The van der Waals surface area contributed by atoms with E-state index in [2.05, 4.69) is 14.9 Å². The summed E-state index contributed by atoms with van der Waals surface area (Å²) in [6.07, 6.45) is 0.595. The molecule has 1 aliphatic heterocycles. The van der Waals surface area contributed by atoms with Crippen molar-refractivity contribution in [3.05, 3.63) is 47.6 Å². The number of benzene rings is 1. The Hall–Kier alpha value is -1.77. The lowest BCUT2D eigenvalue weighted by atomic mass is 10.1. The Bertz CT molecular complexity index is 776. The molecular weight excluding hydrogens is 330 g/mol. The summed E-state index contributed by atoms with van der Waals surface area (Å²) in [5.74, 6) is 0.832. The van der Waals surface area contributed by atoms with E-state index in [0.717, 1.165) is 12.0 Å². The Morgan fingerprint density at radius 3 is 2.67 bits per heavy atom. The van der Waals surface area contributed by atoms with Crippen molar-refractivity contribution in [2.24, 2.45) is 5.92 Å². The van der Waals surface area contributed by atoms with Gasteiger partial charge in [0.15, 0.2) is 5.82 Å². The standard InChI is InChI=1S/C16H21N3O4S/c1-11-8-9-22-14(11)10-24(20,21)19-15(13-6-4-3-5-7-13)16-17-12(2)23-18-16/h3-7,11,14-15,19H,8-10H2,1-2H3/t11-,14-,15?/m1/s1. The fraction of sp³-hybridized carbons (Fsp3) is 0.500. The van der Waals surface area contributed by atoms with Gasteiger partial charge in [-0.2, -0.15) is 9.71 Å². The molecule has 3 rings (SSSR count). The maximum Gasteiger partial charge on any atom is 0.223 e. The second kappa shape index (κ2) is 7.00. The average Bonchev–Trinajstić information content (AvgIpc) is 3.15. The van der Waals surface area contributed by atoms with Crippen LogP contribution in [0.1, 0.15) is 36.7 Å².